The minimum Gasteiger partial charge on any atom is -0.353 e. The number of halogens is 4. The van der Waals surface area contributed by atoms with Gasteiger partial charge in [0.25, 0.3) is 0 Å². The summed E-state index contributed by atoms with van der Waals surface area (Å²) in [5.41, 5.74) is 0. The van der Waals surface area contributed by atoms with Crippen LogP contribution in [0.5, 0.6) is 0 Å². The monoisotopic (exact) mass is 762 g/mol. The second-order valence-corrected chi connectivity index (χ2v) is 18.7. The molecule has 13 heteroatoms. The van der Waals surface area contributed by atoms with Crippen molar-refractivity contribution < 1.29 is 39.2 Å². The third-order valence-corrected chi connectivity index (χ3v) is 16.0. The van der Waals surface area contributed by atoms with Gasteiger partial charge in [0.1, 0.15) is 0 Å². The normalized spacial score (nSPS) is 22.8. The Morgan fingerprint density at radius 1 is 0.596 bits per heavy atom. The predicted octanol–water partition coefficient (Wildman–Crippen LogP) is 9.00. The Bertz CT molecular complexity index is 1680. The van der Waals surface area contributed by atoms with Gasteiger partial charge in [0.2, 0.25) is 11.8 Å². The van der Waals surface area contributed by atoms with Gasteiger partial charge in [-0.25, -0.2) is 3.63 Å². The Kier molecular flexibility index (Phi) is 11.7. The lowest BCUT2D eigenvalue weighted by Gasteiger charge is -2.41. The molecule has 0 bridgehead atoms. The number of hydrogen-bond donors (Lipinski definition) is 2. The molecule has 0 spiro atoms. The van der Waals surface area contributed by atoms with Gasteiger partial charge < -0.3 is 10.6 Å². The Morgan fingerprint density at radius 2 is 1.00 bits per heavy atom. The van der Waals surface area contributed by atoms with E-state index in [1.54, 1.807) is 54.6 Å². The van der Waals surface area contributed by atoms with Crippen molar-refractivity contribution in [3.8, 4) is 0 Å². The van der Waals surface area contributed by atoms with Crippen molar-refractivity contribution in [2.24, 2.45) is 17.8 Å². The first-order chi connectivity index (χ1) is 24.9. The first-order valence-electron chi connectivity index (χ1n) is 18.2. The Labute approximate surface area is 304 Å². The summed E-state index contributed by atoms with van der Waals surface area (Å²) in [5.74, 6) is -12.1. The zero-order valence-electron chi connectivity index (χ0n) is 28.9. The van der Waals surface area contributed by atoms with E-state index in [0.717, 1.165) is 38.5 Å². The van der Waals surface area contributed by atoms with Crippen molar-refractivity contribution in [3.63, 3.8) is 0 Å². The predicted molar refractivity (Wildman–Crippen MR) is 191 cm³/mol. The van der Waals surface area contributed by atoms with Crippen molar-refractivity contribution in [1.29, 1.82) is 0 Å². The van der Waals surface area contributed by atoms with Crippen LogP contribution in [0, 0.1) is 17.8 Å². The highest BCUT2D eigenvalue weighted by Crippen LogP contribution is 2.71. The topological polar surface area (TPSA) is 102 Å². The van der Waals surface area contributed by atoms with Crippen LogP contribution in [0.2, 0.25) is 0 Å². The SMILES string of the molecule is O=C(NC1CCCCC1)C1CC(C(=O)NC2CCCCC2)C(C(F)(F)C(F)(F)S(=O)(=O)OS(c2ccccc2)(c2ccccc2)c2ccccc2)C1. The number of nitrogens with one attached hydrogen (secondary N) is 2. The summed E-state index contributed by atoms with van der Waals surface area (Å²) in [7, 11) is -10.1. The van der Waals surface area contributed by atoms with Gasteiger partial charge in [0.05, 0.1) is 0 Å². The number of carbonyl (C=O) groups is 2. The Hall–Kier alpha value is -3.42. The molecule has 282 valence electrons. The van der Waals surface area contributed by atoms with Gasteiger partial charge >= 0.3 is 21.3 Å². The van der Waals surface area contributed by atoms with Crippen LogP contribution in [0.1, 0.15) is 77.0 Å². The molecule has 0 aliphatic heterocycles. The van der Waals surface area contributed by atoms with Crippen LogP contribution in [-0.4, -0.2) is 43.5 Å². The molecule has 7 nitrogen and oxygen atoms in total. The highest BCUT2D eigenvalue weighted by Gasteiger charge is 2.73. The summed E-state index contributed by atoms with van der Waals surface area (Å²) in [6.45, 7) is 0. The molecule has 0 heterocycles. The number of hydrogen-bond acceptors (Lipinski definition) is 5. The number of amides is 2. The van der Waals surface area contributed by atoms with E-state index in [9.17, 15) is 18.0 Å². The Balaban J connectivity index is 1.37. The van der Waals surface area contributed by atoms with Gasteiger partial charge in [-0.3, -0.25) is 9.59 Å². The van der Waals surface area contributed by atoms with Gasteiger partial charge in [0.15, 0.2) is 0 Å². The van der Waals surface area contributed by atoms with E-state index in [2.05, 4.69) is 10.6 Å². The van der Waals surface area contributed by atoms with E-state index in [-0.39, 0.29) is 26.8 Å². The van der Waals surface area contributed by atoms with Crippen molar-refractivity contribution >= 4 is 32.2 Å². The molecule has 6 rings (SSSR count). The van der Waals surface area contributed by atoms with E-state index in [1.165, 1.54) is 36.4 Å². The molecule has 0 aromatic heterocycles. The molecule has 2 N–H and O–H groups in total. The number of rotatable bonds is 12. The van der Waals surface area contributed by atoms with Crippen LogP contribution in [0.15, 0.2) is 106 Å². The summed E-state index contributed by atoms with van der Waals surface area (Å²) < 4.78 is 100. The summed E-state index contributed by atoms with van der Waals surface area (Å²) in [6.07, 6.45) is 6.89. The molecule has 3 atom stereocenters. The zero-order chi connectivity index (χ0) is 37.0. The molecular weight excluding hydrogens is 717 g/mol. The quantitative estimate of drug-likeness (QED) is 0.180. The molecule has 3 saturated carbocycles. The van der Waals surface area contributed by atoms with Gasteiger partial charge in [-0.05, 0) is 85.2 Å². The second-order valence-electron chi connectivity index (χ2n) is 14.2. The summed E-state index contributed by atoms with van der Waals surface area (Å²) >= 11 is 0. The molecule has 3 aromatic carbocycles. The van der Waals surface area contributed by atoms with Gasteiger partial charge in [-0.1, -0.05) is 93.1 Å². The van der Waals surface area contributed by atoms with Crippen molar-refractivity contribution in [2.45, 2.75) is 115 Å². The van der Waals surface area contributed by atoms with Gasteiger partial charge in [-0.2, -0.15) is 26.0 Å². The minimum atomic E-state index is -6.47. The first-order valence-corrected chi connectivity index (χ1v) is 21.1. The summed E-state index contributed by atoms with van der Waals surface area (Å²) in [5, 5.41) is -0.136. The van der Waals surface area contributed by atoms with E-state index in [0.29, 0.717) is 25.7 Å². The van der Waals surface area contributed by atoms with Gasteiger partial charge in [-0.15, -0.1) is 0 Å². The van der Waals surface area contributed by atoms with Crippen LogP contribution in [0.4, 0.5) is 17.6 Å². The molecule has 3 aliphatic rings. The molecule has 3 aliphatic carbocycles. The fourth-order valence-electron chi connectivity index (χ4n) is 7.99. The number of carbonyl (C=O) groups excluding carboxylic acids is 2. The lowest BCUT2D eigenvalue weighted by Crippen LogP contribution is -2.55. The molecule has 3 fully saturated rings. The standard InChI is InChI=1S/C39H46F4N2O5S2/c40-38(41,35-27-28(36(46)44-29-16-6-1-7-17-29)26-34(35)37(47)45-30-18-8-2-9-19-30)39(42,43)52(48,49)50-51(31-20-10-3-11-21-31,32-22-12-4-13-23-32)33-24-14-5-15-25-33/h3-5,10-15,20-25,28-30,34-35H,1-2,6-9,16-19,26-27H2,(H,44,46)(H,45,47). The van der Waals surface area contributed by atoms with Gasteiger partial charge in [0, 0.05) is 44.5 Å². The molecule has 2 amide bonds. The molecule has 0 saturated heterocycles. The van der Waals surface area contributed by atoms with Crippen LogP contribution in [0.25, 0.3) is 0 Å². The van der Waals surface area contributed by atoms with Crippen molar-refractivity contribution in [3.05, 3.63) is 91.0 Å². The highest BCUT2D eigenvalue weighted by atomic mass is 32.3. The maximum absolute atomic E-state index is 16.8. The number of benzene rings is 3. The van der Waals surface area contributed by atoms with Crippen LogP contribution >= 0.6 is 10.3 Å². The van der Waals surface area contributed by atoms with E-state index >= 15 is 17.6 Å². The fraction of sp³-hybridized carbons (Fsp3) is 0.487. The van der Waals surface area contributed by atoms with Crippen LogP contribution < -0.4 is 10.6 Å². The van der Waals surface area contributed by atoms with Crippen LogP contribution in [-0.2, 0) is 23.3 Å². The molecular formula is C39H46F4N2O5S2. The summed E-state index contributed by atoms with van der Waals surface area (Å²) in [4.78, 5) is 27.7. The van der Waals surface area contributed by atoms with Crippen LogP contribution in [0.3, 0.4) is 0 Å². The molecule has 3 unspecified atom stereocenters. The highest BCUT2D eigenvalue weighted by molar-refractivity contribution is 8.33. The van der Waals surface area contributed by atoms with E-state index < -0.39 is 74.0 Å². The largest absolute Gasteiger partial charge is 0.432 e. The maximum atomic E-state index is 16.8. The zero-order valence-corrected chi connectivity index (χ0v) is 30.5. The average Bonchev–Trinajstić information content (AvgIpc) is 3.63. The number of alkyl halides is 4. The molecule has 52 heavy (non-hydrogen) atoms. The lowest BCUT2D eigenvalue weighted by molar-refractivity contribution is -0.200. The minimum absolute atomic E-state index is 0.171. The lowest BCUT2D eigenvalue weighted by atomic mass is 9.88. The third kappa shape index (κ3) is 7.64. The molecule has 3 aromatic rings. The molecule has 0 radical (unpaired) electrons. The van der Waals surface area contributed by atoms with E-state index in [1.807, 2.05) is 0 Å². The smallest absolute Gasteiger partial charge is 0.353 e. The van der Waals surface area contributed by atoms with E-state index in [4.69, 9.17) is 3.63 Å². The fourth-order valence-corrected chi connectivity index (χ4v) is 13.3. The maximum Gasteiger partial charge on any atom is 0.432 e. The summed E-state index contributed by atoms with van der Waals surface area (Å²) in [6, 6.07) is 23.0. The Morgan fingerprint density at radius 3 is 1.42 bits per heavy atom. The van der Waals surface area contributed by atoms with Crippen molar-refractivity contribution in [2.75, 3.05) is 0 Å². The first kappa shape index (κ1) is 38.3. The second kappa shape index (κ2) is 15.9. The third-order valence-electron chi connectivity index (χ3n) is 10.8. The average molecular weight is 763 g/mol. The van der Waals surface area contributed by atoms with Crippen molar-refractivity contribution in [1.82, 2.24) is 10.6 Å².